The number of carbonyl (C=O) groups is 1. The zero-order valence-corrected chi connectivity index (χ0v) is 10.2. The van der Waals surface area contributed by atoms with Crippen LogP contribution in [0.15, 0.2) is 24.3 Å². The fourth-order valence-electron chi connectivity index (χ4n) is 1.40. The lowest BCUT2D eigenvalue weighted by Crippen LogP contribution is -2.46. The summed E-state index contributed by atoms with van der Waals surface area (Å²) in [5.74, 6) is -1.07. The third-order valence-corrected chi connectivity index (χ3v) is 2.33. The molecule has 0 radical (unpaired) electrons. The molecule has 0 aliphatic carbocycles. The SMILES string of the molecule is CCC(=O)c1cccc(OC(C(F)(F)F)C(F)(F)F)c1. The fourth-order valence-corrected chi connectivity index (χ4v) is 1.40. The van der Waals surface area contributed by atoms with E-state index in [0.717, 1.165) is 18.2 Å². The molecule has 0 fully saturated rings. The molecule has 20 heavy (non-hydrogen) atoms. The molecule has 8 heteroatoms. The van der Waals surface area contributed by atoms with Crippen molar-refractivity contribution in [1.82, 2.24) is 0 Å². The quantitative estimate of drug-likeness (QED) is 0.617. The zero-order valence-electron chi connectivity index (χ0n) is 10.2. The molecular formula is C12H10F6O2. The van der Waals surface area contributed by atoms with Crippen molar-refractivity contribution >= 4 is 5.78 Å². The number of ether oxygens (including phenoxy) is 1. The Labute approximate surface area is 110 Å². The van der Waals surface area contributed by atoms with Gasteiger partial charge in [-0.1, -0.05) is 19.1 Å². The minimum atomic E-state index is -5.59. The molecule has 2 nitrogen and oxygen atoms in total. The van der Waals surface area contributed by atoms with Gasteiger partial charge in [0.2, 0.25) is 0 Å². The molecule has 1 aromatic carbocycles. The van der Waals surface area contributed by atoms with Gasteiger partial charge in [-0.3, -0.25) is 4.79 Å². The third kappa shape index (κ3) is 4.14. The summed E-state index contributed by atoms with van der Waals surface area (Å²) in [7, 11) is 0. The molecule has 112 valence electrons. The molecule has 0 aliphatic rings. The van der Waals surface area contributed by atoms with E-state index < -0.39 is 30.0 Å². The van der Waals surface area contributed by atoms with Gasteiger partial charge in [0, 0.05) is 12.0 Å². The molecule has 0 aliphatic heterocycles. The van der Waals surface area contributed by atoms with Crippen molar-refractivity contribution in [3.63, 3.8) is 0 Å². The van der Waals surface area contributed by atoms with Crippen LogP contribution in [0.3, 0.4) is 0 Å². The first kappa shape index (κ1) is 16.3. The summed E-state index contributed by atoms with van der Waals surface area (Å²) in [6.07, 6.45) is -15.0. The highest BCUT2D eigenvalue weighted by molar-refractivity contribution is 5.96. The van der Waals surface area contributed by atoms with Gasteiger partial charge in [0.25, 0.3) is 6.10 Å². The van der Waals surface area contributed by atoms with Crippen LogP contribution >= 0.6 is 0 Å². The number of rotatable bonds is 4. The summed E-state index contributed by atoms with van der Waals surface area (Å²) in [6, 6.07) is 4.23. The minimum absolute atomic E-state index is 0.00639. The highest BCUT2D eigenvalue weighted by atomic mass is 19.4. The van der Waals surface area contributed by atoms with Crippen molar-refractivity contribution in [1.29, 1.82) is 0 Å². The van der Waals surface area contributed by atoms with Crippen LogP contribution in [0, 0.1) is 0 Å². The maximum atomic E-state index is 12.3. The summed E-state index contributed by atoms with van der Waals surface area (Å²) in [6.45, 7) is 1.52. The van der Waals surface area contributed by atoms with E-state index in [1.807, 2.05) is 0 Å². The molecule has 0 spiro atoms. The highest BCUT2D eigenvalue weighted by Crippen LogP contribution is 2.36. The first-order valence-electron chi connectivity index (χ1n) is 5.49. The predicted octanol–water partition coefficient (Wildman–Crippen LogP) is 4.15. The summed E-state index contributed by atoms with van der Waals surface area (Å²) >= 11 is 0. The maximum absolute atomic E-state index is 12.3. The largest absolute Gasteiger partial charge is 0.471 e. The monoisotopic (exact) mass is 300 g/mol. The molecule has 1 aromatic rings. The number of carbonyl (C=O) groups excluding carboxylic acids is 1. The van der Waals surface area contributed by atoms with Gasteiger partial charge in [0.1, 0.15) is 5.75 Å². The smallest absolute Gasteiger partial charge is 0.434 e. The first-order chi connectivity index (χ1) is 9.05. The number of benzene rings is 1. The van der Waals surface area contributed by atoms with E-state index in [2.05, 4.69) is 4.74 Å². The zero-order chi connectivity index (χ0) is 15.6. The first-order valence-corrected chi connectivity index (χ1v) is 5.49. The van der Waals surface area contributed by atoms with E-state index in [1.54, 1.807) is 0 Å². The topological polar surface area (TPSA) is 26.3 Å². The van der Waals surface area contributed by atoms with Crippen LogP contribution in [0.5, 0.6) is 5.75 Å². The van der Waals surface area contributed by atoms with Crippen LogP contribution in [0.25, 0.3) is 0 Å². The molecule has 0 saturated carbocycles. The van der Waals surface area contributed by atoms with Crippen molar-refractivity contribution < 1.29 is 35.9 Å². The molecule has 0 N–H and O–H groups in total. The normalized spacial score (nSPS) is 12.6. The molecule has 0 amide bonds. The second kappa shape index (κ2) is 5.72. The lowest BCUT2D eigenvalue weighted by molar-refractivity contribution is -0.299. The van der Waals surface area contributed by atoms with Crippen molar-refractivity contribution in [3.05, 3.63) is 29.8 Å². The average Bonchev–Trinajstić information content (AvgIpc) is 2.32. The Balaban J connectivity index is 3.04. The van der Waals surface area contributed by atoms with Gasteiger partial charge in [-0.15, -0.1) is 0 Å². The van der Waals surface area contributed by atoms with E-state index in [4.69, 9.17) is 0 Å². The lowest BCUT2D eigenvalue weighted by Gasteiger charge is -2.24. The standard InChI is InChI=1S/C12H10F6O2/c1-2-9(19)7-4-3-5-8(6-7)20-10(11(13,14)15)12(16,17)18/h3-6,10H,2H2,1H3. The van der Waals surface area contributed by atoms with Gasteiger partial charge in [-0.05, 0) is 12.1 Å². The van der Waals surface area contributed by atoms with Gasteiger partial charge in [0.05, 0.1) is 0 Å². The van der Waals surface area contributed by atoms with Crippen LogP contribution in [0.4, 0.5) is 26.3 Å². The van der Waals surface area contributed by atoms with Crippen LogP contribution in [0.1, 0.15) is 23.7 Å². The van der Waals surface area contributed by atoms with E-state index >= 15 is 0 Å². The lowest BCUT2D eigenvalue weighted by atomic mass is 10.1. The van der Waals surface area contributed by atoms with Crippen molar-refractivity contribution in [2.24, 2.45) is 0 Å². The van der Waals surface area contributed by atoms with Crippen LogP contribution < -0.4 is 4.74 Å². The van der Waals surface area contributed by atoms with E-state index in [1.165, 1.54) is 13.0 Å². The van der Waals surface area contributed by atoms with Gasteiger partial charge >= 0.3 is 12.4 Å². The molecule has 0 unspecified atom stereocenters. The van der Waals surface area contributed by atoms with E-state index in [9.17, 15) is 31.1 Å². The summed E-state index contributed by atoms with van der Waals surface area (Å²) < 4.78 is 77.9. The van der Waals surface area contributed by atoms with E-state index in [0.29, 0.717) is 0 Å². The summed E-state index contributed by atoms with van der Waals surface area (Å²) in [5, 5.41) is 0. The molecule has 0 aromatic heterocycles. The Morgan fingerprint density at radius 3 is 2.15 bits per heavy atom. The number of ketones is 1. The number of halogens is 6. The van der Waals surface area contributed by atoms with Crippen LogP contribution in [0.2, 0.25) is 0 Å². The second-order valence-corrected chi connectivity index (χ2v) is 3.89. The molecular weight excluding hydrogens is 290 g/mol. The molecule has 0 atom stereocenters. The maximum Gasteiger partial charge on any atom is 0.434 e. The minimum Gasteiger partial charge on any atom is -0.471 e. The number of alkyl halides is 6. The Morgan fingerprint density at radius 2 is 1.70 bits per heavy atom. The summed E-state index contributed by atoms with van der Waals surface area (Å²) in [4.78, 5) is 11.3. The Bertz CT molecular complexity index is 464. The van der Waals surface area contributed by atoms with Gasteiger partial charge in [0.15, 0.2) is 5.78 Å². The number of hydrogen-bond acceptors (Lipinski definition) is 2. The summed E-state index contributed by atoms with van der Waals surface area (Å²) in [5.41, 5.74) is -0.00639. The third-order valence-electron chi connectivity index (χ3n) is 2.33. The van der Waals surface area contributed by atoms with Crippen LogP contribution in [-0.2, 0) is 0 Å². The molecule has 0 heterocycles. The van der Waals surface area contributed by atoms with Gasteiger partial charge in [-0.2, -0.15) is 26.3 Å². The Kier molecular flexibility index (Phi) is 4.67. The fraction of sp³-hybridized carbons (Fsp3) is 0.417. The molecule has 0 saturated heterocycles. The highest BCUT2D eigenvalue weighted by Gasteiger charge is 2.59. The van der Waals surface area contributed by atoms with Crippen LogP contribution in [-0.4, -0.2) is 24.2 Å². The predicted molar refractivity (Wildman–Crippen MR) is 57.6 cm³/mol. The Morgan fingerprint density at radius 1 is 1.15 bits per heavy atom. The molecule has 1 rings (SSSR count). The number of hydrogen-bond donors (Lipinski definition) is 0. The average molecular weight is 300 g/mol. The second-order valence-electron chi connectivity index (χ2n) is 3.89. The Hall–Kier alpha value is -1.73. The van der Waals surface area contributed by atoms with Gasteiger partial charge < -0.3 is 4.74 Å². The van der Waals surface area contributed by atoms with Crippen molar-refractivity contribution in [2.75, 3.05) is 0 Å². The van der Waals surface area contributed by atoms with E-state index in [-0.39, 0.29) is 12.0 Å². The van der Waals surface area contributed by atoms with Crippen molar-refractivity contribution in [2.45, 2.75) is 31.8 Å². The number of Topliss-reactive ketones (excluding diaryl/α,β-unsaturated/α-hetero) is 1. The molecule has 0 bridgehead atoms. The van der Waals surface area contributed by atoms with Gasteiger partial charge in [-0.25, -0.2) is 0 Å². The van der Waals surface area contributed by atoms with Crippen molar-refractivity contribution in [3.8, 4) is 5.75 Å².